The van der Waals surface area contributed by atoms with Gasteiger partial charge in [-0.15, -0.1) is 0 Å². The average molecular weight is 276 g/mol. The number of hydrogen-bond donors (Lipinski definition) is 1. The minimum Gasteiger partial charge on any atom is -0.353 e. The van der Waals surface area contributed by atoms with Crippen molar-refractivity contribution < 1.29 is 0 Å². The van der Waals surface area contributed by atoms with Crippen LogP contribution in [0.3, 0.4) is 0 Å². The zero-order valence-electron chi connectivity index (χ0n) is 12.2. The number of fused-ring (bicyclic) bond motifs is 2. The minimum atomic E-state index is 1.07. The van der Waals surface area contributed by atoms with Gasteiger partial charge in [0, 0.05) is 17.1 Å². The average Bonchev–Trinajstić information content (AvgIpc) is 2.91. The molecule has 106 valence electrons. The molecule has 0 unspecified atom stereocenters. The zero-order chi connectivity index (χ0) is 14.1. The predicted molar refractivity (Wildman–Crippen MR) is 87.4 cm³/mol. The van der Waals surface area contributed by atoms with Crippen LogP contribution in [0.15, 0.2) is 42.6 Å². The van der Waals surface area contributed by atoms with Gasteiger partial charge in [-0.1, -0.05) is 31.0 Å². The normalized spacial score (nSPS) is 15.4. The van der Waals surface area contributed by atoms with Crippen LogP contribution in [0.4, 0.5) is 0 Å². The highest BCUT2D eigenvalue weighted by atomic mass is 14.8. The first-order valence-corrected chi connectivity index (χ1v) is 7.96. The molecule has 2 heterocycles. The van der Waals surface area contributed by atoms with Crippen LogP contribution in [0.25, 0.3) is 22.3 Å². The molecule has 1 aliphatic carbocycles. The summed E-state index contributed by atoms with van der Waals surface area (Å²) in [4.78, 5) is 8.18. The van der Waals surface area contributed by atoms with Gasteiger partial charge in [0.05, 0.1) is 11.4 Å². The number of pyridine rings is 1. The molecule has 0 aliphatic heterocycles. The fourth-order valence-electron chi connectivity index (χ4n) is 3.33. The number of rotatable bonds is 1. The molecule has 0 saturated carbocycles. The van der Waals surface area contributed by atoms with Crippen molar-refractivity contribution in [3.63, 3.8) is 0 Å². The molecular weight excluding hydrogens is 256 g/mol. The maximum atomic E-state index is 4.70. The Morgan fingerprint density at radius 2 is 1.67 bits per heavy atom. The monoisotopic (exact) mass is 276 g/mol. The number of para-hydroxylation sites is 1. The molecule has 21 heavy (non-hydrogen) atoms. The second-order valence-corrected chi connectivity index (χ2v) is 6.02. The van der Waals surface area contributed by atoms with E-state index in [2.05, 4.69) is 47.6 Å². The largest absolute Gasteiger partial charge is 0.353 e. The Morgan fingerprint density at radius 1 is 0.857 bits per heavy atom. The zero-order valence-corrected chi connectivity index (χ0v) is 12.2. The third-order valence-corrected chi connectivity index (χ3v) is 4.53. The third-order valence-electron chi connectivity index (χ3n) is 4.53. The lowest BCUT2D eigenvalue weighted by molar-refractivity contribution is 0.615. The Bertz CT molecular complexity index is 737. The van der Waals surface area contributed by atoms with Crippen molar-refractivity contribution in [3.05, 3.63) is 53.7 Å². The molecule has 0 fully saturated rings. The van der Waals surface area contributed by atoms with Gasteiger partial charge in [-0.25, -0.2) is 0 Å². The maximum Gasteiger partial charge on any atom is 0.0867 e. The molecule has 0 amide bonds. The van der Waals surface area contributed by atoms with Crippen LogP contribution in [-0.4, -0.2) is 9.97 Å². The van der Waals surface area contributed by atoms with Crippen LogP contribution in [0.1, 0.15) is 36.8 Å². The number of aryl methyl sites for hydroxylation is 2. The quantitative estimate of drug-likeness (QED) is 0.673. The fraction of sp³-hybridized carbons (Fsp3) is 0.316. The van der Waals surface area contributed by atoms with E-state index in [0.717, 1.165) is 11.4 Å². The molecule has 0 saturated heterocycles. The Labute approximate surface area is 125 Å². The molecule has 0 radical (unpaired) electrons. The second-order valence-electron chi connectivity index (χ2n) is 6.02. The highest BCUT2D eigenvalue weighted by molar-refractivity contribution is 5.85. The number of nitrogens with one attached hydrogen (secondary N) is 1. The standard InChI is InChI=1S/C19H20N2/c1-2-4-9-16-13-20-18(11-14(16)7-3-1)19-12-15-8-5-6-10-17(15)21-19/h5-6,8,10-13,21H,1-4,7,9H2. The molecule has 0 bridgehead atoms. The summed E-state index contributed by atoms with van der Waals surface area (Å²) in [7, 11) is 0. The number of hydrogen-bond acceptors (Lipinski definition) is 1. The smallest absolute Gasteiger partial charge is 0.0867 e. The van der Waals surface area contributed by atoms with E-state index in [1.807, 2.05) is 0 Å². The number of aromatic amines is 1. The second kappa shape index (κ2) is 5.36. The SMILES string of the molecule is c1ccc2[nH]c(-c3cc4c(cn3)CCCCCC4)cc2c1. The first kappa shape index (κ1) is 12.6. The number of benzene rings is 1. The van der Waals surface area contributed by atoms with E-state index in [1.54, 1.807) is 0 Å². The van der Waals surface area contributed by atoms with E-state index in [0.29, 0.717) is 0 Å². The van der Waals surface area contributed by atoms with Gasteiger partial charge in [0.15, 0.2) is 0 Å². The summed E-state index contributed by atoms with van der Waals surface area (Å²) in [5.41, 5.74) is 6.33. The lowest BCUT2D eigenvalue weighted by Crippen LogP contribution is -2.01. The van der Waals surface area contributed by atoms with E-state index < -0.39 is 0 Å². The highest BCUT2D eigenvalue weighted by Crippen LogP contribution is 2.26. The van der Waals surface area contributed by atoms with Gasteiger partial charge in [-0.2, -0.15) is 0 Å². The molecule has 2 aromatic heterocycles. The van der Waals surface area contributed by atoms with Crippen LogP contribution in [0.2, 0.25) is 0 Å². The van der Waals surface area contributed by atoms with E-state index in [9.17, 15) is 0 Å². The third kappa shape index (κ3) is 2.46. The van der Waals surface area contributed by atoms with Crippen LogP contribution >= 0.6 is 0 Å². The maximum absolute atomic E-state index is 4.70. The van der Waals surface area contributed by atoms with Crippen LogP contribution in [0.5, 0.6) is 0 Å². The summed E-state index contributed by atoms with van der Waals surface area (Å²) < 4.78 is 0. The number of aromatic nitrogens is 2. The summed E-state index contributed by atoms with van der Waals surface area (Å²) >= 11 is 0. The van der Waals surface area contributed by atoms with E-state index in [1.165, 1.54) is 60.6 Å². The lowest BCUT2D eigenvalue weighted by Gasteiger charge is -2.14. The van der Waals surface area contributed by atoms with Crippen molar-refractivity contribution in [2.75, 3.05) is 0 Å². The molecule has 1 N–H and O–H groups in total. The molecule has 2 heteroatoms. The number of nitrogens with zero attached hydrogens (tertiary/aromatic N) is 1. The molecule has 4 rings (SSSR count). The first-order valence-electron chi connectivity index (χ1n) is 7.96. The van der Waals surface area contributed by atoms with Crippen molar-refractivity contribution in [1.82, 2.24) is 9.97 Å². The van der Waals surface area contributed by atoms with Gasteiger partial charge in [0.25, 0.3) is 0 Å². The summed E-state index contributed by atoms with van der Waals surface area (Å²) in [6, 6.07) is 12.9. The molecular formula is C19H20N2. The number of H-pyrrole nitrogens is 1. The predicted octanol–water partition coefficient (Wildman–Crippen LogP) is 4.89. The molecule has 3 aromatic rings. The van der Waals surface area contributed by atoms with Crippen LogP contribution in [0, 0.1) is 0 Å². The van der Waals surface area contributed by atoms with E-state index in [-0.39, 0.29) is 0 Å². The van der Waals surface area contributed by atoms with Gasteiger partial charge in [0.2, 0.25) is 0 Å². The van der Waals surface area contributed by atoms with E-state index >= 15 is 0 Å². The van der Waals surface area contributed by atoms with Crippen molar-refractivity contribution in [3.8, 4) is 11.4 Å². The van der Waals surface area contributed by atoms with Gasteiger partial charge in [-0.3, -0.25) is 4.98 Å². The van der Waals surface area contributed by atoms with Crippen molar-refractivity contribution >= 4 is 10.9 Å². The summed E-state index contributed by atoms with van der Waals surface area (Å²) in [5.74, 6) is 0. The Hall–Kier alpha value is -2.09. The Kier molecular flexibility index (Phi) is 3.23. The topological polar surface area (TPSA) is 28.7 Å². The fourth-order valence-corrected chi connectivity index (χ4v) is 3.33. The Balaban J connectivity index is 1.76. The highest BCUT2D eigenvalue weighted by Gasteiger charge is 2.11. The van der Waals surface area contributed by atoms with Crippen LogP contribution in [-0.2, 0) is 12.8 Å². The molecule has 1 aromatic carbocycles. The van der Waals surface area contributed by atoms with Crippen molar-refractivity contribution in [2.24, 2.45) is 0 Å². The summed E-state index contributed by atoms with van der Waals surface area (Å²) in [6.07, 6.45) is 9.83. The minimum absolute atomic E-state index is 1.07. The van der Waals surface area contributed by atoms with Crippen LogP contribution < -0.4 is 0 Å². The van der Waals surface area contributed by atoms with Gasteiger partial charge in [-0.05, 0) is 55.0 Å². The van der Waals surface area contributed by atoms with Gasteiger partial charge < -0.3 is 4.98 Å². The van der Waals surface area contributed by atoms with Gasteiger partial charge in [0.1, 0.15) is 0 Å². The first-order chi connectivity index (χ1) is 10.4. The summed E-state index contributed by atoms with van der Waals surface area (Å²) in [6.45, 7) is 0. The summed E-state index contributed by atoms with van der Waals surface area (Å²) in [5, 5.41) is 1.25. The van der Waals surface area contributed by atoms with E-state index in [4.69, 9.17) is 4.98 Å². The molecule has 1 aliphatic rings. The molecule has 2 nitrogen and oxygen atoms in total. The Morgan fingerprint density at radius 3 is 2.52 bits per heavy atom. The van der Waals surface area contributed by atoms with Crippen molar-refractivity contribution in [1.29, 1.82) is 0 Å². The molecule has 0 spiro atoms. The molecule has 0 atom stereocenters. The van der Waals surface area contributed by atoms with Crippen molar-refractivity contribution in [2.45, 2.75) is 38.5 Å². The lowest BCUT2D eigenvalue weighted by atomic mass is 9.94. The van der Waals surface area contributed by atoms with Gasteiger partial charge >= 0.3 is 0 Å².